The van der Waals surface area contributed by atoms with Gasteiger partial charge in [0.05, 0.1) is 5.56 Å². The maximum Gasteiger partial charge on any atom is 0.253 e. The Hall–Kier alpha value is -2.11. The molecule has 1 atom stereocenters. The summed E-state index contributed by atoms with van der Waals surface area (Å²) in [5.74, 6) is -0.690. The van der Waals surface area contributed by atoms with Crippen LogP contribution in [0.1, 0.15) is 17.3 Å². The summed E-state index contributed by atoms with van der Waals surface area (Å²) < 4.78 is 0. The van der Waals surface area contributed by atoms with Gasteiger partial charge < -0.3 is 15.6 Å². The van der Waals surface area contributed by atoms with E-state index in [9.17, 15) is 14.4 Å². The fourth-order valence-electron chi connectivity index (χ4n) is 1.11. The Morgan fingerprint density at radius 2 is 2.06 bits per heavy atom. The van der Waals surface area contributed by atoms with Crippen LogP contribution in [0.2, 0.25) is 0 Å². The molecular formula is C10H13N3O3. The van der Waals surface area contributed by atoms with Crippen LogP contribution in [0.25, 0.3) is 0 Å². The number of nitrogens with one attached hydrogen (secondary N) is 3. The highest BCUT2D eigenvalue weighted by Gasteiger charge is 2.14. The molecule has 0 saturated carbocycles. The number of rotatable bonds is 3. The number of hydrogen-bond donors (Lipinski definition) is 3. The second kappa shape index (κ2) is 5.11. The lowest BCUT2D eigenvalue weighted by Gasteiger charge is -2.11. The van der Waals surface area contributed by atoms with Crippen LogP contribution >= 0.6 is 0 Å². The highest BCUT2D eigenvalue weighted by Crippen LogP contribution is 1.94. The van der Waals surface area contributed by atoms with Crippen LogP contribution < -0.4 is 16.2 Å². The average Bonchev–Trinajstić information content (AvgIpc) is 2.28. The monoisotopic (exact) mass is 223 g/mol. The van der Waals surface area contributed by atoms with Crippen LogP contribution in [0.5, 0.6) is 0 Å². The zero-order chi connectivity index (χ0) is 12.1. The van der Waals surface area contributed by atoms with E-state index in [1.54, 1.807) is 6.92 Å². The van der Waals surface area contributed by atoms with Crippen molar-refractivity contribution >= 4 is 11.8 Å². The van der Waals surface area contributed by atoms with Crippen molar-refractivity contribution in [3.63, 3.8) is 0 Å². The van der Waals surface area contributed by atoms with Gasteiger partial charge in [-0.05, 0) is 13.0 Å². The van der Waals surface area contributed by atoms with Gasteiger partial charge in [0.25, 0.3) is 5.91 Å². The lowest BCUT2D eigenvalue weighted by molar-refractivity contribution is -0.122. The molecule has 3 N–H and O–H groups in total. The summed E-state index contributed by atoms with van der Waals surface area (Å²) in [5, 5.41) is 4.91. The smallest absolute Gasteiger partial charge is 0.253 e. The zero-order valence-corrected chi connectivity index (χ0v) is 9.03. The second-order valence-corrected chi connectivity index (χ2v) is 3.25. The molecule has 0 fully saturated rings. The number of carbonyl (C=O) groups excluding carboxylic acids is 2. The Balaban J connectivity index is 2.69. The summed E-state index contributed by atoms with van der Waals surface area (Å²) in [7, 11) is 1.49. The van der Waals surface area contributed by atoms with E-state index in [1.165, 1.54) is 25.4 Å². The normalized spacial score (nSPS) is 11.6. The Bertz CT molecular complexity index is 432. The molecule has 0 aliphatic carbocycles. The lowest BCUT2D eigenvalue weighted by atomic mass is 10.2. The third kappa shape index (κ3) is 2.94. The molecule has 0 aliphatic rings. The fourth-order valence-corrected chi connectivity index (χ4v) is 1.11. The van der Waals surface area contributed by atoms with Gasteiger partial charge in [-0.25, -0.2) is 0 Å². The van der Waals surface area contributed by atoms with E-state index in [2.05, 4.69) is 15.6 Å². The Morgan fingerprint density at radius 1 is 1.38 bits per heavy atom. The third-order valence-corrected chi connectivity index (χ3v) is 2.03. The number of H-pyrrole nitrogens is 1. The van der Waals surface area contributed by atoms with Crippen LogP contribution in [0.15, 0.2) is 23.1 Å². The number of amides is 2. The number of hydrogen-bond acceptors (Lipinski definition) is 3. The van der Waals surface area contributed by atoms with Crippen molar-refractivity contribution in [2.45, 2.75) is 13.0 Å². The van der Waals surface area contributed by atoms with Crippen LogP contribution in [0.4, 0.5) is 0 Å². The fraction of sp³-hybridized carbons (Fsp3) is 0.300. The molecule has 0 spiro atoms. The number of aromatic nitrogens is 1. The van der Waals surface area contributed by atoms with Crippen molar-refractivity contribution < 1.29 is 9.59 Å². The van der Waals surface area contributed by atoms with Gasteiger partial charge in [0.1, 0.15) is 6.04 Å². The lowest BCUT2D eigenvalue weighted by Crippen LogP contribution is -2.43. The number of carbonyl (C=O) groups is 2. The molecular weight excluding hydrogens is 210 g/mol. The largest absolute Gasteiger partial charge is 0.357 e. The molecule has 0 aliphatic heterocycles. The minimum atomic E-state index is -0.621. The van der Waals surface area contributed by atoms with Crippen LogP contribution in [-0.4, -0.2) is 29.9 Å². The third-order valence-electron chi connectivity index (χ3n) is 2.03. The van der Waals surface area contributed by atoms with Crippen molar-refractivity contribution in [3.8, 4) is 0 Å². The molecule has 1 aromatic rings. The van der Waals surface area contributed by atoms with E-state index < -0.39 is 11.9 Å². The molecule has 6 heteroatoms. The summed E-state index contributed by atoms with van der Waals surface area (Å²) in [6, 6.07) is 2.02. The average molecular weight is 223 g/mol. The molecule has 0 saturated heterocycles. The summed E-state index contributed by atoms with van der Waals surface area (Å²) in [5.41, 5.74) is 0.0197. The molecule has 1 heterocycles. The standard InChI is InChI=1S/C10H13N3O3/c1-6(9(15)11-2)13-10(16)7-3-4-8(14)12-5-7/h3-6H,1-2H3,(H,11,15)(H,12,14)(H,13,16). The van der Waals surface area contributed by atoms with Gasteiger partial charge in [-0.2, -0.15) is 0 Å². The predicted octanol–water partition coefficient (Wildman–Crippen LogP) is -0.761. The van der Waals surface area contributed by atoms with Crippen molar-refractivity contribution in [2.75, 3.05) is 7.05 Å². The molecule has 16 heavy (non-hydrogen) atoms. The van der Waals surface area contributed by atoms with E-state index in [1.807, 2.05) is 0 Å². The van der Waals surface area contributed by atoms with Crippen LogP contribution in [0.3, 0.4) is 0 Å². The maximum atomic E-state index is 11.6. The topological polar surface area (TPSA) is 91.1 Å². The van der Waals surface area contributed by atoms with Crippen molar-refractivity contribution in [3.05, 3.63) is 34.2 Å². The van der Waals surface area contributed by atoms with Crippen molar-refractivity contribution in [1.82, 2.24) is 15.6 Å². The molecule has 2 amide bonds. The van der Waals surface area contributed by atoms with Gasteiger partial charge >= 0.3 is 0 Å². The van der Waals surface area contributed by atoms with Gasteiger partial charge in [0.15, 0.2) is 0 Å². The molecule has 86 valence electrons. The SMILES string of the molecule is CNC(=O)C(C)NC(=O)c1ccc(=O)[nH]c1. The quantitative estimate of drug-likeness (QED) is 0.629. The van der Waals surface area contributed by atoms with E-state index in [-0.39, 0.29) is 11.5 Å². The van der Waals surface area contributed by atoms with Crippen molar-refractivity contribution in [1.29, 1.82) is 0 Å². The van der Waals surface area contributed by atoms with Gasteiger partial charge in [-0.15, -0.1) is 0 Å². The van der Waals surface area contributed by atoms with E-state index in [0.29, 0.717) is 5.56 Å². The minimum absolute atomic E-state index is 0.280. The Labute approximate surface area is 92.1 Å². The molecule has 1 rings (SSSR count). The summed E-state index contributed by atoms with van der Waals surface area (Å²) in [6.07, 6.45) is 1.30. The molecule has 1 unspecified atom stereocenters. The molecule has 0 radical (unpaired) electrons. The first-order chi connectivity index (χ1) is 7.54. The van der Waals surface area contributed by atoms with Crippen molar-refractivity contribution in [2.24, 2.45) is 0 Å². The van der Waals surface area contributed by atoms with Gasteiger partial charge in [0.2, 0.25) is 11.5 Å². The van der Waals surface area contributed by atoms with Crippen LogP contribution in [-0.2, 0) is 4.79 Å². The predicted molar refractivity (Wildman–Crippen MR) is 58.1 cm³/mol. The van der Waals surface area contributed by atoms with Crippen LogP contribution in [0, 0.1) is 0 Å². The summed E-state index contributed by atoms with van der Waals surface area (Å²) in [4.78, 5) is 35.9. The Morgan fingerprint density at radius 3 is 2.56 bits per heavy atom. The number of likely N-dealkylation sites (N-methyl/N-ethyl adjacent to an activating group) is 1. The number of pyridine rings is 1. The highest BCUT2D eigenvalue weighted by molar-refractivity contribution is 5.97. The molecule has 0 bridgehead atoms. The zero-order valence-electron chi connectivity index (χ0n) is 9.03. The number of aromatic amines is 1. The first-order valence-corrected chi connectivity index (χ1v) is 4.76. The van der Waals surface area contributed by atoms with Gasteiger partial charge in [-0.1, -0.05) is 0 Å². The Kier molecular flexibility index (Phi) is 3.82. The molecule has 6 nitrogen and oxygen atoms in total. The van der Waals surface area contributed by atoms with E-state index >= 15 is 0 Å². The van der Waals surface area contributed by atoms with Gasteiger partial charge in [0, 0.05) is 19.3 Å². The molecule has 1 aromatic heterocycles. The molecule has 0 aromatic carbocycles. The first-order valence-electron chi connectivity index (χ1n) is 4.76. The summed E-state index contributed by atoms with van der Waals surface area (Å²) in [6.45, 7) is 1.57. The first kappa shape index (κ1) is 12.0. The summed E-state index contributed by atoms with van der Waals surface area (Å²) >= 11 is 0. The highest BCUT2D eigenvalue weighted by atomic mass is 16.2. The van der Waals surface area contributed by atoms with E-state index in [0.717, 1.165) is 0 Å². The van der Waals surface area contributed by atoms with E-state index in [4.69, 9.17) is 0 Å². The maximum absolute atomic E-state index is 11.6. The van der Waals surface area contributed by atoms with Gasteiger partial charge in [-0.3, -0.25) is 14.4 Å². The second-order valence-electron chi connectivity index (χ2n) is 3.25. The minimum Gasteiger partial charge on any atom is -0.357 e.